The van der Waals surface area contributed by atoms with E-state index in [2.05, 4.69) is 5.73 Å². The van der Waals surface area contributed by atoms with E-state index in [0.29, 0.717) is 11.7 Å². The Morgan fingerprint density at radius 2 is 1.94 bits per heavy atom. The third kappa shape index (κ3) is 4.64. The molecule has 0 spiro atoms. The van der Waals surface area contributed by atoms with Gasteiger partial charge in [0.05, 0.1) is 11.9 Å². The summed E-state index contributed by atoms with van der Waals surface area (Å²) in [6, 6.07) is 9.54. The van der Waals surface area contributed by atoms with Gasteiger partial charge >= 0.3 is 7.60 Å². The normalized spacial score (nSPS) is 13.6. The highest BCUT2D eigenvalue weighted by atomic mass is 31.2. The summed E-state index contributed by atoms with van der Waals surface area (Å²) in [6.45, 7) is 5.59. The highest BCUT2D eigenvalue weighted by Crippen LogP contribution is 2.51. The molecule has 18 heavy (non-hydrogen) atoms. The lowest BCUT2D eigenvalue weighted by Gasteiger charge is -2.13. The van der Waals surface area contributed by atoms with Crippen LogP contribution >= 0.6 is 7.60 Å². The van der Waals surface area contributed by atoms with Crippen LogP contribution in [0.5, 0.6) is 0 Å². The van der Waals surface area contributed by atoms with Crippen LogP contribution in [0.25, 0.3) is 0 Å². The molecule has 98 valence electrons. The van der Waals surface area contributed by atoms with E-state index in [-0.39, 0.29) is 6.61 Å². The zero-order valence-electron chi connectivity index (χ0n) is 11.0. The SMILES string of the molecule is CCOP(=O)(O)C(=C=C(C)C)Cc1ccccc1. The molecular formula is C14H19O3P. The Morgan fingerprint density at radius 3 is 2.44 bits per heavy atom. The summed E-state index contributed by atoms with van der Waals surface area (Å²) in [4.78, 5) is 9.90. The second-order valence-electron chi connectivity index (χ2n) is 4.17. The van der Waals surface area contributed by atoms with E-state index in [4.69, 9.17) is 4.52 Å². The molecule has 1 rings (SSSR count). The minimum absolute atomic E-state index is 0.205. The quantitative estimate of drug-likeness (QED) is 0.649. The van der Waals surface area contributed by atoms with Crippen molar-refractivity contribution >= 4 is 7.60 Å². The fourth-order valence-corrected chi connectivity index (χ4v) is 2.80. The molecule has 0 aliphatic rings. The highest BCUT2D eigenvalue weighted by molar-refractivity contribution is 7.57. The van der Waals surface area contributed by atoms with Crippen LogP contribution in [0.4, 0.5) is 0 Å². The van der Waals surface area contributed by atoms with Crippen LogP contribution in [0.15, 0.2) is 47.0 Å². The van der Waals surface area contributed by atoms with E-state index >= 15 is 0 Å². The first-order chi connectivity index (χ1) is 8.45. The molecule has 4 heteroatoms. The lowest BCUT2D eigenvalue weighted by molar-refractivity contribution is 0.279. The van der Waals surface area contributed by atoms with E-state index in [1.807, 2.05) is 44.2 Å². The van der Waals surface area contributed by atoms with Crippen molar-refractivity contribution in [3.05, 3.63) is 52.5 Å². The molecule has 1 aromatic rings. The maximum absolute atomic E-state index is 12.1. The predicted octanol–water partition coefficient (Wildman–Crippen LogP) is 3.90. The standard InChI is InChI=1S/C14H19O3P/c1-4-17-18(15,16)14(10-12(2)3)11-13-8-6-5-7-9-13/h5-9H,4,11H2,1-3H3,(H,15,16). The maximum atomic E-state index is 12.1. The molecular weight excluding hydrogens is 247 g/mol. The van der Waals surface area contributed by atoms with E-state index < -0.39 is 7.60 Å². The van der Waals surface area contributed by atoms with Crippen LogP contribution < -0.4 is 0 Å². The number of rotatable bonds is 5. The van der Waals surface area contributed by atoms with Gasteiger partial charge in [0.1, 0.15) is 0 Å². The van der Waals surface area contributed by atoms with Gasteiger partial charge in [-0.25, -0.2) is 0 Å². The second-order valence-corrected chi connectivity index (χ2v) is 6.01. The molecule has 3 nitrogen and oxygen atoms in total. The Bertz CT molecular complexity index is 495. The molecule has 0 saturated heterocycles. The van der Waals surface area contributed by atoms with Crippen molar-refractivity contribution in [1.29, 1.82) is 0 Å². The number of allylic oxidation sites excluding steroid dienone is 1. The van der Waals surface area contributed by atoms with Gasteiger partial charge in [-0.1, -0.05) is 30.3 Å². The Balaban J connectivity index is 3.10. The van der Waals surface area contributed by atoms with Gasteiger partial charge < -0.3 is 9.42 Å². The van der Waals surface area contributed by atoms with Crippen molar-refractivity contribution in [3.63, 3.8) is 0 Å². The van der Waals surface area contributed by atoms with Gasteiger partial charge in [-0.15, -0.1) is 5.73 Å². The van der Waals surface area contributed by atoms with Crippen LogP contribution in [-0.4, -0.2) is 11.5 Å². The van der Waals surface area contributed by atoms with E-state index in [9.17, 15) is 9.46 Å². The molecule has 0 saturated carbocycles. The Kier molecular flexibility index (Phi) is 5.58. The van der Waals surface area contributed by atoms with Gasteiger partial charge in [-0.2, -0.15) is 0 Å². The molecule has 0 radical (unpaired) electrons. The average molecular weight is 266 g/mol. The average Bonchev–Trinajstić information content (AvgIpc) is 2.29. The van der Waals surface area contributed by atoms with Gasteiger partial charge in [0.15, 0.2) is 0 Å². The third-order valence-corrected chi connectivity index (χ3v) is 3.81. The van der Waals surface area contributed by atoms with Gasteiger partial charge in [-0.05, 0) is 31.9 Å². The smallest absolute Gasteiger partial charge is 0.321 e. The molecule has 0 fully saturated rings. The fraction of sp³-hybridized carbons (Fsp3) is 0.357. The zero-order valence-corrected chi connectivity index (χ0v) is 11.9. The molecule has 1 N–H and O–H groups in total. The summed E-state index contributed by atoms with van der Waals surface area (Å²) in [6.07, 6.45) is 0.375. The zero-order chi connectivity index (χ0) is 13.6. The molecule has 0 bridgehead atoms. The van der Waals surface area contributed by atoms with Crippen LogP contribution in [0.2, 0.25) is 0 Å². The Morgan fingerprint density at radius 1 is 1.33 bits per heavy atom. The van der Waals surface area contributed by atoms with E-state index in [1.54, 1.807) is 6.92 Å². The first-order valence-electron chi connectivity index (χ1n) is 5.90. The molecule has 0 amide bonds. The monoisotopic (exact) mass is 266 g/mol. The van der Waals surface area contributed by atoms with E-state index in [0.717, 1.165) is 11.1 Å². The molecule has 0 heterocycles. The third-order valence-electron chi connectivity index (χ3n) is 2.25. The van der Waals surface area contributed by atoms with Gasteiger partial charge in [0.2, 0.25) is 0 Å². The Labute approximate surface area is 108 Å². The maximum Gasteiger partial charge on any atom is 0.362 e. The minimum Gasteiger partial charge on any atom is -0.321 e. The number of benzene rings is 1. The lowest BCUT2D eigenvalue weighted by atomic mass is 10.1. The summed E-state index contributed by atoms with van der Waals surface area (Å²) in [5.41, 5.74) is 4.77. The highest BCUT2D eigenvalue weighted by Gasteiger charge is 2.25. The molecule has 0 aliphatic heterocycles. The summed E-state index contributed by atoms with van der Waals surface area (Å²) < 4.78 is 17.0. The van der Waals surface area contributed by atoms with Crippen molar-refractivity contribution in [2.45, 2.75) is 27.2 Å². The lowest BCUT2D eigenvalue weighted by Crippen LogP contribution is -1.96. The van der Waals surface area contributed by atoms with Crippen molar-refractivity contribution < 1.29 is 14.0 Å². The fourth-order valence-electron chi connectivity index (χ4n) is 1.55. The molecule has 1 atom stereocenters. The van der Waals surface area contributed by atoms with Crippen LogP contribution in [-0.2, 0) is 15.5 Å². The van der Waals surface area contributed by atoms with Gasteiger partial charge in [0.25, 0.3) is 0 Å². The second kappa shape index (κ2) is 6.72. The van der Waals surface area contributed by atoms with Crippen molar-refractivity contribution in [2.75, 3.05) is 6.61 Å². The van der Waals surface area contributed by atoms with Crippen molar-refractivity contribution in [1.82, 2.24) is 0 Å². The summed E-state index contributed by atoms with van der Waals surface area (Å²) in [5, 5.41) is 0.315. The van der Waals surface area contributed by atoms with Crippen molar-refractivity contribution in [2.24, 2.45) is 0 Å². The predicted molar refractivity (Wildman–Crippen MR) is 73.5 cm³/mol. The topological polar surface area (TPSA) is 46.5 Å². The largest absolute Gasteiger partial charge is 0.362 e. The minimum atomic E-state index is -3.74. The molecule has 1 aromatic carbocycles. The van der Waals surface area contributed by atoms with Crippen molar-refractivity contribution in [3.8, 4) is 0 Å². The van der Waals surface area contributed by atoms with Gasteiger partial charge in [-0.3, -0.25) is 4.57 Å². The first kappa shape index (κ1) is 14.9. The number of hydrogen-bond acceptors (Lipinski definition) is 2. The summed E-state index contributed by atoms with van der Waals surface area (Å²) >= 11 is 0. The van der Waals surface area contributed by atoms with Crippen LogP contribution in [0, 0.1) is 0 Å². The van der Waals surface area contributed by atoms with Gasteiger partial charge in [0, 0.05) is 6.42 Å². The molecule has 0 aliphatic carbocycles. The van der Waals surface area contributed by atoms with Crippen LogP contribution in [0.3, 0.4) is 0 Å². The molecule has 0 aromatic heterocycles. The summed E-state index contributed by atoms with van der Waals surface area (Å²) in [7, 11) is -3.74. The first-order valence-corrected chi connectivity index (χ1v) is 7.48. The summed E-state index contributed by atoms with van der Waals surface area (Å²) in [5.74, 6) is 0. The Hall–Kier alpha value is -1.11. The van der Waals surface area contributed by atoms with E-state index in [1.165, 1.54) is 0 Å². The van der Waals surface area contributed by atoms with Crippen LogP contribution in [0.1, 0.15) is 26.3 Å². The molecule has 1 unspecified atom stereocenters. The number of hydrogen-bond donors (Lipinski definition) is 1.